The zero-order valence-corrected chi connectivity index (χ0v) is 7.22. The Hall–Kier alpha value is -1.34. The normalized spacial score (nSPS) is 12.7. The highest BCUT2D eigenvalue weighted by Gasteiger charge is 2.13. The molecule has 2 heterocycles. The number of rotatable bonds is 0. The molecule has 0 atom stereocenters. The second kappa shape index (κ2) is 2.61. The van der Waals surface area contributed by atoms with E-state index in [9.17, 15) is 0 Å². The number of hydrogen-bond acceptors (Lipinski definition) is 4. The monoisotopic (exact) mass is 175 g/mol. The van der Waals surface area contributed by atoms with E-state index in [0.717, 1.165) is 10.8 Å². The summed E-state index contributed by atoms with van der Waals surface area (Å²) in [4.78, 5) is 4.09. The van der Waals surface area contributed by atoms with Gasteiger partial charge in [-0.1, -0.05) is 0 Å². The third kappa shape index (κ3) is 0.990. The fourth-order valence-corrected chi connectivity index (χ4v) is 1.62. The number of nitrogens with zero attached hydrogens (tertiary/aromatic N) is 3. The zero-order chi connectivity index (χ0) is 8.55. The molecule has 3 nitrogen and oxygen atoms in total. The summed E-state index contributed by atoms with van der Waals surface area (Å²) in [6.45, 7) is 1.88. The van der Waals surface area contributed by atoms with Crippen molar-refractivity contribution in [3.05, 3.63) is 28.0 Å². The van der Waals surface area contributed by atoms with Gasteiger partial charge in [0.05, 0.1) is 5.22 Å². The Balaban J connectivity index is 2.86. The molecule has 0 saturated heterocycles. The molecule has 1 aromatic heterocycles. The van der Waals surface area contributed by atoms with E-state index in [1.165, 1.54) is 11.9 Å². The Morgan fingerprint density at radius 1 is 1.67 bits per heavy atom. The Morgan fingerprint density at radius 3 is 3.25 bits per heavy atom. The number of pyridine rings is 1. The SMILES string of the molecule is Cc1cc2c(nc1C#N)=[N+]SC=2. The van der Waals surface area contributed by atoms with Crippen LogP contribution >= 0.6 is 11.9 Å². The molecule has 0 aromatic carbocycles. The van der Waals surface area contributed by atoms with Crippen molar-refractivity contribution in [3.8, 4) is 6.07 Å². The highest BCUT2D eigenvalue weighted by atomic mass is 32.2. The maximum absolute atomic E-state index is 8.68. The van der Waals surface area contributed by atoms with Gasteiger partial charge in [-0.15, -0.1) is 0 Å². The Labute approximate surface area is 73.6 Å². The van der Waals surface area contributed by atoms with E-state index in [1.54, 1.807) is 0 Å². The van der Waals surface area contributed by atoms with Crippen molar-refractivity contribution in [3.63, 3.8) is 0 Å². The molecular weight excluding hydrogens is 170 g/mol. The van der Waals surface area contributed by atoms with E-state index in [2.05, 4.69) is 9.38 Å². The number of fused-ring (bicyclic) bond motifs is 1. The molecule has 12 heavy (non-hydrogen) atoms. The van der Waals surface area contributed by atoms with Crippen LogP contribution in [-0.2, 0) is 0 Å². The first-order valence-corrected chi connectivity index (χ1v) is 4.27. The molecule has 0 N–H and O–H groups in total. The minimum Gasteiger partial charge on any atom is -0.188 e. The lowest BCUT2D eigenvalue weighted by Crippen LogP contribution is -2.29. The summed E-state index contributed by atoms with van der Waals surface area (Å²) in [6.07, 6.45) is 0. The lowest BCUT2D eigenvalue weighted by atomic mass is 10.2. The molecule has 57 valence electrons. The quantitative estimate of drug-likeness (QED) is 0.505. The summed E-state index contributed by atoms with van der Waals surface area (Å²) in [6, 6.07) is 3.97. The predicted molar refractivity (Wildman–Crippen MR) is 46.2 cm³/mol. The molecule has 1 aromatic rings. The van der Waals surface area contributed by atoms with Gasteiger partial charge in [-0.05, 0) is 18.0 Å². The molecular formula is C8H5N3S+. The van der Waals surface area contributed by atoms with Gasteiger partial charge in [0.2, 0.25) is 0 Å². The number of hydrogen-bond donors (Lipinski definition) is 0. The molecule has 1 aliphatic rings. The van der Waals surface area contributed by atoms with Gasteiger partial charge in [0, 0.05) is 15.4 Å². The summed E-state index contributed by atoms with van der Waals surface area (Å²) >= 11 is 1.36. The number of aromatic nitrogens is 1. The largest absolute Gasteiger partial charge is 0.381 e. The molecule has 2 rings (SSSR count). The molecule has 1 aliphatic heterocycles. The van der Waals surface area contributed by atoms with Crippen molar-refractivity contribution >= 4 is 17.4 Å². The number of nitriles is 1. The van der Waals surface area contributed by atoms with Gasteiger partial charge in [-0.3, -0.25) is 0 Å². The lowest BCUT2D eigenvalue weighted by Gasteiger charge is -1.84. The van der Waals surface area contributed by atoms with Crippen LogP contribution in [0.25, 0.3) is 5.41 Å². The molecule has 0 spiro atoms. The zero-order valence-electron chi connectivity index (χ0n) is 6.40. The Morgan fingerprint density at radius 2 is 2.50 bits per heavy atom. The lowest BCUT2D eigenvalue weighted by molar-refractivity contribution is 1.08. The average molecular weight is 175 g/mol. The van der Waals surface area contributed by atoms with E-state index in [-0.39, 0.29) is 0 Å². The van der Waals surface area contributed by atoms with Crippen molar-refractivity contribution in [2.24, 2.45) is 0 Å². The summed E-state index contributed by atoms with van der Waals surface area (Å²) in [5.74, 6) is 0. The fourth-order valence-electron chi connectivity index (χ4n) is 1.03. The highest BCUT2D eigenvalue weighted by molar-refractivity contribution is 8.04. The first-order chi connectivity index (χ1) is 5.81. The van der Waals surface area contributed by atoms with Gasteiger partial charge in [0.25, 0.3) is 5.69 Å². The van der Waals surface area contributed by atoms with Gasteiger partial charge in [-0.25, -0.2) is 0 Å². The third-order valence-corrected chi connectivity index (χ3v) is 2.28. The fraction of sp³-hybridized carbons (Fsp3) is 0.125. The predicted octanol–water partition coefficient (Wildman–Crippen LogP) is -0.383. The van der Waals surface area contributed by atoms with Crippen LogP contribution in [0.15, 0.2) is 6.07 Å². The molecule has 4 heteroatoms. The summed E-state index contributed by atoms with van der Waals surface area (Å²) in [5.41, 5.74) is 2.04. The summed E-state index contributed by atoms with van der Waals surface area (Å²) in [5, 5.41) is 11.6. The van der Waals surface area contributed by atoms with Gasteiger partial charge < -0.3 is 0 Å². The molecule has 0 bridgehead atoms. The van der Waals surface area contributed by atoms with Crippen LogP contribution < -0.4 is 15.1 Å². The molecule has 1 radical (unpaired) electrons. The second-order valence-electron chi connectivity index (χ2n) is 2.49. The Kier molecular flexibility index (Phi) is 1.59. The summed E-state index contributed by atoms with van der Waals surface area (Å²) < 4.78 is 4.05. The molecule has 0 aliphatic carbocycles. The van der Waals surface area contributed by atoms with Crippen molar-refractivity contribution in [2.75, 3.05) is 0 Å². The van der Waals surface area contributed by atoms with Crippen LogP contribution in [0.3, 0.4) is 0 Å². The van der Waals surface area contributed by atoms with Gasteiger partial charge in [0.15, 0.2) is 0 Å². The molecule has 0 unspecified atom stereocenters. The van der Waals surface area contributed by atoms with Crippen molar-refractivity contribution in [2.45, 2.75) is 6.92 Å². The number of aryl methyl sites for hydroxylation is 1. The van der Waals surface area contributed by atoms with Crippen LogP contribution in [0.5, 0.6) is 0 Å². The van der Waals surface area contributed by atoms with Crippen molar-refractivity contribution in [1.29, 1.82) is 5.26 Å². The Bertz CT molecular complexity index is 484. The van der Waals surface area contributed by atoms with E-state index in [1.807, 2.05) is 24.5 Å². The minimum absolute atomic E-state index is 0.466. The van der Waals surface area contributed by atoms with E-state index in [0.29, 0.717) is 11.2 Å². The van der Waals surface area contributed by atoms with E-state index >= 15 is 0 Å². The van der Waals surface area contributed by atoms with Crippen LogP contribution in [0.1, 0.15) is 11.3 Å². The van der Waals surface area contributed by atoms with Crippen LogP contribution in [-0.4, -0.2) is 4.98 Å². The molecule has 0 amide bonds. The minimum atomic E-state index is 0.466. The molecule has 0 fully saturated rings. The van der Waals surface area contributed by atoms with Gasteiger partial charge >= 0.3 is 5.49 Å². The van der Waals surface area contributed by atoms with E-state index < -0.39 is 0 Å². The first kappa shape index (κ1) is 7.32. The van der Waals surface area contributed by atoms with Crippen molar-refractivity contribution < 1.29 is 0 Å². The van der Waals surface area contributed by atoms with Crippen LogP contribution in [0.2, 0.25) is 0 Å². The van der Waals surface area contributed by atoms with Crippen LogP contribution in [0.4, 0.5) is 0 Å². The maximum atomic E-state index is 8.68. The van der Waals surface area contributed by atoms with Crippen molar-refractivity contribution in [1.82, 2.24) is 9.38 Å². The average Bonchev–Trinajstić information content (AvgIpc) is 2.49. The van der Waals surface area contributed by atoms with Gasteiger partial charge in [0.1, 0.15) is 18.0 Å². The van der Waals surface area contributed by atoms with E-state index in [4.69, 9.17) is 5.26 Å². The highest BCUT2D eigenvalue weighted by Crippen LogP contribution is 1.99. The topological polar surface area (TPSA) is 50.8 Å². The smallest absolute Gasteiger partial charge is 0.188 e. The third-order valence-electron chi connectivity index (χ3n) is 1.65. The second-order valence-corrected chi connectivity index (χ2v) is 3.12. The maximum Gasteiger partial charge on any atom is 0.381 e. The first-order valence-electron chi connectivity index (χ1n) is 3.43. The van der Waals surface area contributed by atoms with Gasteiger partial charge in [-0.2, -0.15) is 5.26 Å². The standard InChI is InChI=1S/C8H5N3S/c1-5-2-6-4-12-11-8(6)10-7(5)3-9/h2,4H,1H3/q+1. The molecule has 0 saturated carbocycles. The summed E-state index contributed by atoms with van der Waals surface area (Å²) in [7, 11) is 0. The van der Waals surface area contributed by atoms with Crippen LogP contribution in [0, 0.1) is 18.3 Å².